The Morgan fingerprint density at radius 1 is 1.43 bits per heavy atom. The van der Waals surface area contributed by atoms with Crippen molar-refractivity contribution in [2.75, 3.05) is 26.8 Å². The lowest BCUT2D eigenvalue weighted by atomic mass is 10.0. The van der Waals surface area contributed by atoms with E-state index in [1.165, 1.54) is 11.1 Å². The van der Waals surface area contributed by atoms with Crippen LogP contribution in [0.25, 0.3) is 0 Å². The lowest BCUT2D eigenvalue weighted by molar-refractivity contribution is -0.136. The molecular formula is C16H23BrN2O2. The third kappa shape index (κ3) is 4.80. The molecule has 1 amide bonds. The van der Waals surface area contributed by atoms with Gasteiger partial charge in [-0.25, -0.2) is 0 Å². The van der Waals surface area contributed by atoms with Crippen LogP contribution in [0.3, 0.4) is 0 Å². The van der Waals surface area contributed by atoms with Crippen molar-refractivity contribution in [2.24, 2.45) is 0 Å². The van der Waals surface area contributed by atoms with E-state index in [4.69, 9.17) is 4.74 Å². The number of methoxy groups -OCH3 is 1. The summed E-state index contributed by atoms with van der Waals surface area (Å²) in [4.78, 5) is 13.6. The Morgan fingerprint density at radius 2 is 2.14 bits per heavy atom. The molecule has 2 rings (SSSR count). The van der Waals surface area contributed by atoms with Crippen LogP contribution < -0.4 is 5.32 Å². The fourth-order valence-corrected chi connectivity index (χ4v) is 2.98. The second-order valence-corrected chi connectivity index (χ2v) is 6.41. The third-order valence-electron chi connectivity index (χ3n) is 3.95. The second kappa shape index (κ2) is 7.92. The van der Waals surface area contributed by atoms with Crippen molar-refractivity contribution in [1.82, 2.24) is 10.2 Å². The van der Waals surface area contributed by atoms with Gasteiger partial charge in [0.05, 0.1) is 0 Å². The van der Waals surface area contributed by atoms with Crippen LogP contribution >= 0.6 is 15.9 Å². The van der Waals surface area contributed by atoms with Gasteiger partial charge in [0.25, 0.3) is 0 Å². The molecule has 0 aliphatic carbocycles. The zero-order valence-electron chi connectivity index (χ0n) is 12.7. The van der Waals surface area contributed by atoms with Gasteiger partial charge < -0.3 is 15.0 Å². The number of hydrogen-bond acceptors (Lipinski definition) is 3. The first-order valence-corrected chi connectivity index (χ1v) is 8.14. The number of likely N-dealkylation sites (tertiary alicyclic amines) is 1. The molecule has 0 aromatic heterocycles. The highest BCUT2D eigenvalue weighted by Gasteiger charge is 2.22. The number of aryl methyl sites for hydroxylation is 1. The number of carbonyl (C=O) groups excluding carboxylic acids is 1. The summed E-state index contributed by atoms with van der Waals surface area (Å²) in [6, 6.07) is 6.94. The highest BCUT2D eigenvalue weighted by atomic mass is 79.9. The van der Waals surface area contributed by atoms with Crippen LogP contribution in [0.1, 0.15) is 24.0 Å². The van der Waals surface area contributed by atoms with Gasteiger partial charge >= 0.3 is 0 Å². The molecule has 5 heteroatoms. The molecule has 1 aliphatic rings. The highest BCUT2D eigenvalue weighted by Crippen LogP contribution is 2.18. The van der Waals surface area contributed by atoms with E-state index < -0.39 is 0 Å². The Labute approximate surface area is 135 Å². The van der Waals surface area contributed by atoms with E-state index in [1.807, 2.05) is 4.90 Å². The van der Waals surface area contributed by atoms with Crippen LogP contribution in [-0.2, 0) is 16.1 Å². The van der Waals surface area contributed by atoms with Gasteiger partial charge in [0.1, 0.15) is 6.61 Å². The molecule has 1 aromatic carbocycles. The molecule has 1 heterocycles. The largest absolute Gasteiger partial charge is 0.375 e. The van der Waals surface area contributed by atoms with Gasteiger partial charge in [-0.15, -0.1) is 0 Å². The first-order valence-electron chi connectivity index (χ1n) is 7.35. The van der Waals surface area contributed by atoms with E-state index in [0.717, 1.165) is 36.9 Å². The normalized spacial score (nSPS) is 16.2. The SMILES string of the molecule is COCC(=O)N1CCC(NCc2ccc(C)c(Br)c2)CC1. The summed E-state index contributed by atoms with van der Waals surface area (Å²) in [6.45, 7) is 4.79. The Hall–Kier alpha value is -0.910. The van der Waals surface area contributed by atoms with Gasteiger partial charge in [0, 0.05) is 37.3 Å². The van der Waals surface area contributed by atoms with Crippen molar-refractivity contribution < 1.29 is 9.53 Å². The van der Waals surface area contributed by atoms with Crippen molar-refractivity contribution in [3.63, 3.8) is 0 Å². The summed E-state index contributed by atoms with van der Waals surface area (Å²) >= 11 is 3.57. The Balaban J connectivity index is 1.76. The maximum Gasteiger partial charge on any atom is 0.248 e. The van der Waals surface area contributed by atoms with Crippen LogP contribution in [-0.4, -0.2) is 43.7 Å². The molecule has 1 saturated heterocycles. The standard InChI is InChI=1S/C16H23BrN2O2/c1-12-3-4-13(9-15(12)17)10-18-14-5-7-19(8-6-14)16(20)11-21-2/h3-4,9,14,18H,5-8,10-11H2,1-2H3. The summed E-state index contributed by atoms with van der Waals surface area (Å²) in [5, 5.41) is 3.59. The summed E-state index contributed by atoms with van der Waals surface area (Å²) < 4.78 is 6.05. The third-order valence-corrected chi connectivity index (χ3v) is 4.80. The molecule has 1 aromatic rings. The van der Waals surface area contributed by atoms with Crippen molar-refractivity contribution >= 4 is 21.8 Å². The first-order chi connectivity index (χ1) is 10.1. The van der Waals surface area contributed by atoms with E-state index in [-0.39, 0.29) is 12.5 Å². The van der Waals surface area contributed by atoms with E-state index in [9.17, 15) is 4.79 Å². The van der Waals surface area contributed by atoms with Crippen molar-refractivity contribution in [2.45, 2.75) is 32.4 Å². The fraction of sp³-hybridized carbons (Fsp3) is 0.562. The Bertz CT molecular complexity index is 485. The maximum atomic E-state index is 11.7. The van der Waals surface area contributed by atoms with E-state index in [0.29, 0.717) is 6.04 Å². The van der Waals surface area contributed by atoms with Crippen molar-refractivity contribution in [3.8, 4) is 0 Å². The summed E-state index contributed by atoms with van der Waals surface area (Å²) in [6.07, 6.45) is 2.00. The number of halogens is 1. The number of piperidine rings is 1. The number of hydrogen-bond donors (Lipinski definition) is 1. The second-order valence-electron chi connectivity index (χ2n) is 5.55. The molecule has 1 aliphatic heterocycles. The zero-order valence-corrected chi connectivity index (χ0v) is 14.3. The van der Waals surface area contributed by atoms with Crippen LogP contribution in [0, 0.1) is 6.92 Å². The molecule has 0 atom stereocenters. The predicted molar refractivity (Wildman–Crippen MR) is 87.2 cm³/mol. The minimum atomic E-state index is 0.0958. The monoisotopic (exact) mass is 354 g/mol. The lowest BCUT2D eigenvalue weighted by Gasteiger charge is -2.32. The minimum Gasteiger partial charge on any atom is -0.375 e. The average molecular weight is 355 g/mol. The van der Waals surface area contributed by atoms with Gasteiger partial charge in [0.15, 0.2) is 0 Å². The molecule has 0 radical (unpaired) electrons. The molecule has 116 valence electrons. The van der Waals surface area contributed by atoms with Gasteiger partial charge in [-0.2, -0.15) is 0 Å². The minimum absolute atomic E-state index is 0.0958. The van der Waals surface area contributed by atoms with Crippen molar-refractivity contribution in [1.29, 1.82) is 0 Å². The number of amides is 1. The number of ether oxygens (including phenoxy) is 1. The number of benzene rings is 1. The first kappa shape index (κ1) is 16.5. The molecule has 0 bridgehead atoms. The molecule has 4 nitrogen and oxygen atoms in total. The fourth-order valence-electron chi connectivity index (χ4n) is 2.56. The van der Waals surface area contributed by atoms with E-state index in [1.54, 1.807) is 7.11 Å². The van der Waals surface area contributed by atoms with E-state index >= 15 is 0 Å². The van der Waals surface area contributed by atoms with E-state index in [2.05, 4.69) is 46.4 Å². The molecule has 1 fully saturated rings. The highest BCUT2D eigenvalue weighted by molar-refractivity contribution is 9.10. The van der Waals surface area contributed by atoms with Gasteiger partial charge in [-0.1, -0.05) is 28.1 Å². The number of nitrogens with one attached hydrogen (secondary N) is 1. The molecule has 21 heavy (non-hydrogen) atoms. The Kier molecular flexibility index (Phi) is 6.21. The molecular weight excluding hydrogens is 332 g/mol. The van der Waals surface area contributed by atoms with Crippen molar-refractivity contribution in [3.05, 3.63) is 33.8 Å². The zero-order chi connectivity index (χ0) is 15.2. The van der Waals surface area contributed by atoms with Crippen LogP contribution in [0.4, 0.5) is 0 Å². The lowest BCUT2D eigenvalue weighted by Crippen LogP contribution is -2.45. The molecule has 0 unspecified atom stereocenters. The summed E-state index contributed by atoms with van der Waals surface area (Å²) in [5.74, 6) is 0.0958. The maximum absolute atomic E-state index is 11.7. The predicted octanol–water partition coefficient (Wildman–Crippen LogP) is 2.48. The Morgan fingerprint density at radius 3 is 2.76 bits per heavy atom. The summed E-state index contributed by atoms with van der Waals surface area (Å²) in [7, 11) is 1.56. The van der Waals surface area contributed by atoms with Gasteiger partial charge in [0.2, 0.25) is 5.91 Å². The number of rotatable bonds is 5. The molecule has 1 N–H and O–H groups in total. The topological polar surface area (TPSA) is 41.6 Å². The number of nitrogens with zero attached hydrogens (tertiary/aromatic N) is 1. The quantitative estimate of drug-likeness (QED) is 0.882. The van der Waals surface area contributed by atoms with Crippen LogP contribution in [0.15, 0.2) is 22.7 Å². The van der Waals surface area contributed by atoms with Crippen LogP contribution in [0.5, 0.6) is 0 Å². The molecule has 0 spiro atoms. The smallest absolute Gasteiger partial charge is 0.248 e. The molecule has 0 saturated carbocycles. The van der Waals surface area contributed by atoms with Gasteiger partial charge in [-0.3, -0.25) is 4.79 Å². The summed E-state index contributed by atoms with van der Waals surface area (Å²) in [5.41, 5.74) is 2.54. The average Bonchev–Trinajstić information content (AvgIpc) is 2.49. The van der Waals surface area contributed by atoms with Crippen LogP contribution in [0.2, 0.25) is 0 Å². The van der Waals surface area contributed by atoms with Gasteiger partial charge in [-0.05, 0) is 37.0 Å². The number of carbonyl (C=O) groups is 1.